The van der Waals surface area contributed by atoms with Gasteiger partial charge in [-0.3, -0.25) is 4.79 Å². The fourth-order valence-corrected chi connectivity index (χ4v) is 3.89. The third kappa shape index (κ3) is 4.02. The highest BCUT2D eigenvalue weighted by molar-refractivity contribution is 6.31. The average molecular weight is 383 g/mol. The smallest absolute Gasteiger partial charge is 0.227 e. The van der Waals surface area contributed by atoms with E-state index in [1.165, 1.54) is 0 Å². The quantitative estimate of drug-likeness (QED) is 0.644. The normalized spacial score (nSPS) is 15.0. The number of rotatable bonds is 7. The van der Waals surface area contributed by atoms with E-state index in [1.807, 2.05) is 59.6 Å². The number of benzene rings is 2. The van der Waals surface area contributed by atoms with E-state index in [2.05, 4.69) is 4.98 Å². The van der Waals surface area contributed by atoms with E-state index in [1.54, 1.807) is 0 Å². The predicted molar refractivity (Wildman–Crippen MR) is 108 cm³/mol. The van der Waals surface area contributed by atoms with Crippen LogP contribution in [0.4, 0.5) is 0 Å². The van der Waals surface area contributed by atoms with Crippen molar-refractivity contribution in [3.63, 3.8) is 0 Å². The van der Waals surface area contributed by atoms with Gasteiger partial charge < -0.3 is 15.0 Å². The monoisotopic (exact) mass is 382 g/mol. The molecule has 140 valence electrons. The molecule has 1 aliphatic carbocycles. The number of amides is 1. The molecule has 0 unspecified atom stereocenters. The van der Waals surface area contributed by atoms with Gasteiger partial charge in [-0.1, -0.05) is 48.0 Å². The van der Waals surface area contributed by atoms with Gasteiger partial charge in [-0.15, -0.1) is 0 Å². The Morgan fingerprint density at radius 3 is 2.70 bits per heavy atom. The number of aliphatic hydroxyl groups excluding tert-OH is 1. The summed E-state index contributed by atoms with van der Waals surface area (Å²) >= 11 is 6.05. The first-order chi connectivity index (χ1) is 13.2. The van der Waals surface area contributed by atoms with Crippen molar-refractivity contribution in [3.8, 4) is 0 Å². The second-order valence-corrected chi connectivity index (χ2v) is 7.71. The fourth-order valence-electron chi connectivity index (χ4n) is 3.72. The molecular formula is C22H23ClN2O2. The lowest BCUT2D eigenvalue weighted by molar-refractivity contribution is -0.135. The molecule has 2 aromatic carbocycles. The Bertz CT molecular complexity index is 934. The minimum Gasteiger partial charge on any atom is -0.394 e. The SMILES string of the molecule is O=C(Cc1c[nH]c2cc(Cl)ccc12)N(Cc1ccccc1)[C@H](CO)C1CC1. The standard InChI is InChI=1S/C22H23ClN2O2/c23-18-8-9-19-17(12-24-20(19)11-18)10-22(27)25(21(14-26)16-6-7-16)13-15-4-2-1-3-5-15/h1-5,8-9,11-12,16,21,24,26H,6-7,10,13-14H2/t21-/m1/s1. The minimum atomic E-state index is -0.114. The number of carbonyl (C=O) groups is 1. The molecule has 1 fully saturated rings. The molecule has 1 aromatic heterocycles. The number of nitrogens with zero attached hydrogens (tertiary/aromatic N) is 1. The number of aromatic nitrogens is 1. The second kappa shape index (κ2) is 7.75. The van der Waals surface area contributed by atoms with E-state index in [9.17, 15) is 9.90 Å². The van der Waals surface area contributed by atoms with E-state index in [4.69, 9.17) is 11.6 Å². The molecule has 4 nitrogen and oxygen atoms in total. The molecule has 1 amide bonds. The molecule has 2 N–H and O–H groups in total. The maximum Gasteiger partial charge on any atom is 0.227 e. The van der Waals surface area contributed by atoms with Crippen molar-refractivity contribution in [1.29, 1.82) is 0 Å². The molecule has 1 atom stereocenters. The lowest BCUT2D eigenvalue weighted by Gasteiger charge is -2.31. The van der Waals surface area contributed by atoms with E-state index in [0.29, 0.717) is 23.9 Å². The summed E-state index contributed by atoms with van der Waals surface area (Å²) < 4.78 is 0. The Kier molecular flexibility index (Phi) is 5.19. The molecule has 1 heterocycles. The molecule has 0 aliphatic heterocycles. The maximum atomic E-state index is 13.2. The van der Waals surface area contributed by atoms with Crippen LogP contribution in [0.3, 0.4) is 0 Å². The van der Waals surface area contributed by atoms with Crippen LogP contribution in [0.1, 0.15) is 24.0 Å². The molecule has 5 heteroatoms. The summed E-state index contributed by atoms with van der Waals surface area (Å²) in [6.45, 7) is 0.530. The van der Waals surface area contributed by atoms with Gasteiger partial charge in [0.05, 0.1) is 19.1 Å². The number of H-pyrrole nitrogens is 1. The maximum absolute atomic E-state index is 13.2. The third-order valence-corrected chi connectivity index (χ3v) is 5.58. The lowest BCUT2D eigenvalue weighted by Crippen LogP contribution is -2.44. The Morgan fingerprint density at radius 2 is 2.00 bits per heavy atom. The first-order valence-electron chi connectivity index (χ1n) is 9.35. The van der Waals surface area contributed by atoms with E-state index in [-0.39, 0.29) is 18.6 Å². The Balaban J connectivity index is 1.59. The molecule has 1 saturated carbocycles. The molecule has 4 rings (SSSR count). The Labute approximate surface area is 163 Å². The van der Waals surface area contributed by atoms with Gasteiger partial charge in [-0.2, -0.15) is 0 Å². The van der Waals surface area contributed by atoms with E-state index in [0.717, 1.165) is 34.9 Å². The van der Waals surface area contributed by atoms with Gasteiger partial charge in [-0.25, -0.2) is 0 Å². The van der Waals surface area contributed by atoms with Crippen LogP contribution in [0.2, 0.25) is 5.02 Å². The van der Waals surface area contributed by atoms with Crippen LogP contribution in [0.25, 0.3) is 10.9 Å². The van der Waals surface area contributed by atoms with Crippen LogP contribution in [-0.4, -0.2) is 33.5 Å². The van der Waals surface area contributed by atoms with Crippen molar-refractivity contribution in [2.45, 2.75) is 31.8 Å². The second-order valence-electron chi connectivity index (χ2n) is 7.28. The predicted octanol–water partition coefficient (Wildman–Crippen LogP) is 4.16. The van der Waals surface area contributed by atoms with Gasteiger partial charge in [0.1, 0.15) is 0 Å². The molecule has 0 spiro atoms. The summed E-state index contributed by atoms with van der Waals surface area (Å²) in [7, 11) is 0. The summed E-state index contributed by atoms with van der Waals surface area (Å²) in [6, 6.07) is 15.5. The first-order valence-corrected chi connectivity index (χ1v) is 9.73. The average Bonchev–Trinajstić information content (AvgIpc) is 3.44. The topological polar surface area (TPSA) is 56.3 Å². The summed E-state index contributed by atoms with van der Waals surface area (Å²) in [5.74, 6) is 0.449. The highest BCUT2D eigenvalue weighted by Gasteiger charge is 2.37. The van der Waals surface area contributed by atoms with Crippen molar-refractivity contribution >= 4 is 28.4 Å². The van der Waals surface area contributed by atoms with Gasteiger partial charge in [0.15, 0.2) is 0 Å². The Hall–Kier alpha value is -2.30. The van der Waals surface area contributed by atoms with Crippen LogP contribution < -0.4 is 0 Å². The molecular weight excluding hydrogens is 360 g/mol. The number of halogens is 1. The number of nitrogens with one attached hydrogen (secondary N) is 1. The lowest BCUT2D eigenvalue weighted by atomic mass is 10.1. The van der Waals surface area contributed by atoms with Gasteiger partial charge in [0.25, 0.3) is 0 Å². The third-order valence-electron chi connectivity index (χ3n) is 5.34. The van der Waals surface area contributed by atoms with Crippen LogP contribution in [0, 0.1) is 5.92 Å². The van der Waals surface area contributed by atoms with Gasteiger partial charge in [-0.05, 0) is 42.0 Å². The van der Waals surface area contributed by atoms with Crippen molar-refractivity contribution in [2.75, 3.05) is 6.61 Å². The molecule has 0 bridgehead atoms. The Morgan fingerprint density at radius 1 is 1.22 bits per heavy atom. The highest BCUT2D eigenvalue weighted by atomic mass is 35.5. The van der Waals surface area contributed by atoms with Crippen LogP contribution in [-0.2, 0) is 17.8 Å². The number of aromatic amines is 1. The molecule has 0 saturated heterocycles. The highest BCUT2D eigenvalue weighted by Crippen LogP contribution is 2.36. The van der Waals surface area contributed by atoms with Gasteiger partial charge >= 0.3 is 0 Å². The molecule has 0 radical (unpaired) electrons. The van der Waals surface area contributed by atoms with Crippen molar-refractivity contribution < 1.29 is 9.90 Å². The first kappa shape index (κ1) is 18.1. The number of aliphatic hydroxyl groups is 1. The summed E-state index contributed by atoms with van der Waals surface area (Å²) in [6.07, 6.45) is 4.34. The van der Waals surface area contributed by atoms with Gasteiger partial charge in [0.2, 0.25) is 5.91 Å². The number of hydrogen-bond donors (Lipinski definition) is 2. The van der Waals surface area contributed by atoms with Crippen LogP contribution in [0.5, 0.6) is 0 Å². The summed E-state index contributed by atoms with van der Waals surface area (Å²) in [5, 5.41) is 11.6. The minimum absolute atomic E-state index is 0.00668. The van der Waals surface area contributed by atoms with E-state index < -0.39 is 0 Å². The van der Waals surface area contributed by atoms with Crippen molar-refractivity contribution in [3.05, 3.63) is 70.9 Å². The summed E-state index contributed by atoms with van der Waals surface area (Å²) in [5.41, 5.74) is 2.97. The van der Waals surface area contributed by atoms with Crippen molar-refractivity contribution in [2.24, 2.45) is 5.92 Å². The fraction of sp³-hybridized carbons (Fsp3) is 0.318. The van der Waals surface area contributed by atoms with Gasteiger partial charge in [0, 0.05) is 28.7 Å². The van der Waals surface area contributed by atoms with Crippen LogP contribution in [0.15, 0.2) is 54.7 Å². The summed E-state index contributed by atoms with van der Waals surface area (Å²) in [4.78, 5) is 18.3. The largest absolute Gasteiger partial charge is 0.394 e. The number of fused-ring (bicyclic) bond motifs is 1. The van der Waals surface area contributed by atoms with E-state index >= 15 is 0 Å². The zero-order valence-electron chi connectivity index (χ0n) is 15.1. The van der Waals surface area contributed by atoms with Crippen molar-refractivity contribution in [1.82, 2.24) is 9.88 Å². The number of carbonyl (C=O) groups excluding carboxylic acids is 1. The zero-order valence-corrected chi connectivity index (χ0v) is 15.8. The molecule has 1 aliphatic rings. The van der Waals surface area contributed by atoms with Crippen LogP contribution >= 0.6 is 11.6 Å². The number of hydrogen-bond acceptors (Lipinski definition) is 2. The zero-order chi connectivity index (χ0) is 18.8. The molecule has 3 aromatic rings. The molecule has 27 heavy (non-hydrogen) atoms.